The number of hydrogen-bond acceptors (Lipinski definition) is 4. The van der Waals surface area contributed by atoms with E-state index in [0.29, 0.717) is 11.6 Å². The molecular formula is C36H40ClN3O4S. The highest BCUT2D eigenvalue weighted by Crippen LogP contribution is 2.29. The van der Waals surface area contributed by atoms with E-state index < -0.39 is 28.5 Å². The first-order valence-electron chi connectivity index (χ1n) is 15.0. The number of halogens is 1. The Balaban J connectivity index is 1.81. The van der Waals surface area contributed by atoms with Crippen LogP contribution in [-0.2, 0) is 32.6 Å². The lowest BCUT2D eigenvalue weighted by Gasteiger charge is -2.34. The van der Waals surface area contributed by atoms with E-state index in [0.717, 1.165) is 38.5 Å². The molecule has 0 fully saturated rings. The Morgan fingerprint density at radius 2 is 1.44 bits per heavy atom. The van der Waals surface area contributed by atoms with Crippen LogP contribution >= 0.6 is 11.6 Å². The summed E-state index contributed by atoms with van der Waals surface area (Å²) in [5, 5.41) is 3.34. The Bertz CT molecular complexity index is 1710. The fourth-order valence-electron chi connectivity index (χ4n) is 4.91. The zero-order chi connectivity index (χ0) is 32.6. The van der Waals surface area contributed by atoms with Crippen molar-refractivity contribution in [1.29, 1.82) is 0 Å². The number of sulfonamides is 1. The molecule has 0 aromatic heterocycles. The fourth-order valence-corrected chi connectivity index (χ4v) is 6.49. The molecule has 0 heterocycles. The number of amides is 2. The average molecular weight is 646 g/mol. The van der Waals surface area contributed by atoms with Crippen LogP contribution in [0.2, 0.25) is 5.02 Å². The Morgan fingerprint density at radius 3 is 2.04 bits per heavy atom. The van der Waals surface area contributed by atoms with E-state index in [1.54, 1.807) is 30.3 Å². The van der Waals surface area contributed by atoms with Gasteiger partial charge in [0.05, 0.1) is 10.6 Å². The first-order chi connectivity index (χ1) is 21.5. The van der Waals surface area contributed by atoms with Crippen molar-refractivity contribution in [2.24, 2.45) is 0 Å². The molecule has 1 N–H and O–H groups in total. The molecule has 4 rings (SSSR count). The number of nitrogens with zero attached hydrogens (tertiary/aromatic N) is 2. The molecule has 7 nitrogen and oxygen atoms in total. The van der Waals surface area contributed by atoms with Gasteiger partial charge in [-0.15, -0.1) is 0 Å². The Kier molecular flexibility index (Phi) is 11.4. The van der Waals surface area contributed by atoms with Crippen molar-refractivity contribution in [3.05, 3.63) is 130 Å². The summed E-state index contributed by atoms with van der Waals surface area (Å²) in [6.45, 7) is 7.66. The quantitative estimate of drug-likeness (QED) is 0.177. The largest absolute Gasteiger partial charge is 0.354 e. The average Bonchev–Trinajstić information content (AvgIpc) is 3.03. The second kappa shape index (κ2) is 15.2. The van der Waals surface area contributed by atoms with Gasteiger partial charge in [-0.25, -0.2) is 8.42 Å². The minimum Gasteiger partial charge on any atom is -0.354 e. The van der Waals surface area contributed by atoms with E-state index >= 15 is 0 Å². The second-order valence-corrected chi connectivity index (χ2v) is 13.5. The molecule has 0 radical (unpaired) electrons. The van der Waals surface area contributed by atoms with Crippen LogP contribution in [0.3, 0.4) is 0 Å². The number of rotatable bonds is 13. The number of anilines is 1. The zero-order valence-corrected chi connectivity index (χ0v) is 27.7. The van der Waals surface area contributed by atoms with Crippen molar-refractivity contribution in [3.8, 4) is 0 Å². The van der Waals surface area contributed by atoms with E-state index in [2.05, 4.69) is 5.32 Å². The van der Waals surface area contributed by atoms with Crippen molar-refractivity contribution in [1.82, 2.24) is 10.2 Å². The van der Waals surface area contributed by atoms with Crippen molar-refractivity contribution < 1.29 is 18.0 Å². The molecule has 0 unspecified atom stereocenters. The zero-order valence-electron chi connectivity index (χ0n) is 26.2. The van der Waals surface area contributed by atoms with Gasteiger partial charge < -0.3 is 10.2 Å². The third-order valence-corrected chi connectivity index (χ3v) is 9.82. The maximum absolute atomic E-state index is 14.5. The van der Waals surface area contributed by atoms with Gasteiger partial charge in [-0.2, -0.15) is 0 Å². The van der Waals surface area contributed by atoms with E-state index in [-0.39, 0.29) is 29.5 Å². The summed E-state index contributed by atoms with van der Waals surface area (Å²) in [5.74, 6) is -0.817. The van der Waals surface area contributed by atoms with Gasteiger partial charge in [-0.05, 0) is 68.1 Å². The Morgan fingerprint density at radius 1 is 0.822 bits per heavy atom. The van der Waals surface area contributed by atoms with Crippen molar-refractivity contribution >= 4 is 39.1 Å². The summed E-state index contributed by atoms with van der Waals surface area (Å²) >= 11 is 6.45. The van der Waals surface area contributed by atoms with Crippen molar-refractivity contribution in [2.45, 2.75) is 58.0 Å². The van der Waals surface area contributed by atoms with E-state index in [1.807, 2.05) is 82.3 Å². The van der Waals surface area contributed by atoms with Gasteiger partial charge in [0, 0.05) is 24.5 Å². The molecular weight excluding hydrogens is 606 g/mol. The molecule has 45 heavy (non-hydrogen) atoms. The smallest absolute Gasteiger partial charge is 0.264 e. The lowest BCUT2D eigenvalue weighted by atomic mass is 10.0. The molecule has 4 aromatic rings. The van der Waals surface area contributed by atoms with Crippen LogP contribution in [0, 0.1) is 20.8 Å². The highest BCUT2D eigenvalue weighted by Gasteiger charge is 2.34. The number of carbonyl (C=O) groups is 2. The summed E-state index contributed by atoms with van der Waals surface area (Å²) in [5.41, 5.74) is 4.69. The summed E-state index contributed by atoms with van der Waals surface area (Å²) in [4.78, 5) is 29.8. The molecule has 0 spiro atoms. The molecule has 9 heteroatoms. The number of carbonyl (C=O) groups excluding carboxylic acids is 2. The predicted octanol–water partition coefficient (Wildman–Crippen LogP) is 6.63. The number of benzene rings is 4. The third kappa shape index (κ3) is 8.74. The predicted molar refractivity (Wildman–Crippen MR) is 181 cm³/mol. The maximum Gasteiger partial charge on any atom is 0.264 e. The molecule has 0 aliphatic carbocycles. The van der Waals surface area contributed by atoms with Gasteiger partial charge >= 0.3 is 0 Å². The van der Waals surface area contributed by atoms with Crippen LogP contribution in [0.15, 0.2) is 102 Å². The minimum atomic E-state index is -4.20. The molecule has 4 aromatic carbocycles. The highest BCUT2D eigenvalue weighted by molar-refractivity contribution is 7.92. The number of aryl methyl sites for hydroxylation is 3. The summed E-state index contributed by atoms with van der Waals surface area (Å²) < 4.78 is 29.4. The maximum atomic E-state index is 14.5. The van der Waals surface area contributed by atoms with Gasteiger partial charge in [0.2, 0.25) is 11.8 Å². The van der Waals surface area contributed by atoms with E-state index in [1.165, 1.54) is 17.0 Å². The fraction of sp³-hybridized carbons (Fsp3) is 0.278. The van der Waals surface area contributed by atoms with Crippen LogP contribution in [0.5, 0.6) is 0 Å². The summed E-state index contributed by atoms with van der Waals surface area (Å²) in [7, 11) is -4.20. The SMILES string of the molecule is CCCNC(=O)[C@H](Cc1ccccc1)N(Cc1ccc(C)cc1)C(=O)CN(c1ccc(C)c(Cl)c1)S(=O)(=O)c1ccc(C)cc1. The van der Waals surface area contributed by atoms with Crippen LogP contribution < -0.4 is 9.62 Å². The monoisotopic (exact) mass is 645 g/mol. The second-order valence-electron chi connectivity index (χ2n) is 11.3. The molecule has 236 valence electrons. The van der Waals surface area contributed by atoms with Crippen LogP contribution in [0.4, 0.5) is 5.69 Å². The van der Waals surface area contributed by atoms with E-state index in [4.69, 9.17) is 11.6 Å². The highest BCUT2D eigenvalue weighted by atomic mass is 35.5. The van der Waals surface area contributed by atoms with Gasteiger partial charge in [-0.1, -0.05) is 102 Å². The van der Waals surface area contributed by atoms with Crippen LogP contribution in [0.25, 0.3) is 0 Å². The lowest BCUT2D eigenvalue weighted by molar-refractivity contribution is -0.140. The first kappa shape index (κ1) is 33.7. The lowest BCUT2D eigenvalue weighted by Crippen LogP contribution is -2.53. The summed E-state index contributed by atoms with van der Waals surface area (Å²) in [6, 6.07) is 27.7. The topological polar surface area (TPSA) is 86.8 Å². The third-order valence-electron chi connectivity index (χ3n) is 7.63. The molecule has 0 aliphatic rings. The van der Waals surface area contributed by atoms with Crippen LogP contribution in [0.1, 0.15) is 41.2 Å². The normalized spacial score (nSPS) is 11.9. The number of hydrogen-bond donors (Lipinski definition) is 1. The molecule has 2 amide bonds. The minimum absolute atomic E-state index is 0.0456. The standard InChI is InChI=1S/C36H40ClN3O4S/c1-5-21-38-36(42)34(22-29-9-7-6-8-10-29)39(24-30-16-11-26(2)12-17-30)35(41)25-40(31-18-15-28(4)33(37)23-31)45(43,44)32-19-13-27(3)14-20-32/h6-20,23,34H,5,21-22,24-25H2,1-4H3,(H,38,42)/t34-/m0/s1. The molecule has 0 bridgehead atoms. The van der Waals surface area contributed by atoms with Crippen molar-refractivity contribution in [3.63, 3.8) is 0 Å². The van der Waals surface area contributed by atoms with Gasteiger partial charge in [0.1, 0.15) is 12.6 Å². The van der Waals surface area contributed by atoms with Gasteiger partial charge in [0.25, 0.3) is 10.0 Å². The Hall–Kier alpha value is -4.14. The number of nitrogens with one attached hydrogen (secondary N) is 1. The summed E-state index contributed by atoms with van der Waals surface area (Å²) in [6.07, 6.45) is 0.988. The van der Waals surface area contributed by atoms with Gasteiger partial charge in [0.15, 0.2) is 0 Å². The van der Waals surface area contributed by atoms with Crippen molar-refractivity contribution in [2.75, 3.05) is 17.4 Å². The first-order valence-corrected chi connectivity index (χ1v) is 16.8. The molecule has 0 aliphatic heterocycles. The Labute approximate surface area is 271 Å². The molecule has 0 saturated carbocycles. The molecule has 0 saturated heterocycles. The van der Waals surface area contributed by atoms with Crippen LogP contribution in [-0.4, -0.2) is 44.3 Å². The molecule has 1 atom stereocenters. The van der Waals surface area contributed by atoms with E-state index in [9.17, 15) is 18.0 Å². The van der Waals surface area contributed by atoms with Gasteiger partial charge in [-0.3, -0.25) is 13.9 Å².